The van der Waals surface area contributed by atoms with Gasteiger partial charge in [-0.15, -0.1) is 0 Å². The van der Waals surface area contributed by atoms with E-state index in [1.165, 1.54) is 19.3 Å². The smallest absolute Gasteiger partial charge is 0.0156 e. The monoisotopic (exact) mass is 169 g/mol. The lowest BCUT2D eigenvalue weighted by Crippen LogP contribution is -2.55. The fourth-order valence-corrected chi connectivity index (χ4v) is 1.59. The number of nitrogens with one attached hydrogen (secondary N) is 1. The van der Waals surface area contributed by atoms with Crippen molar-refractivity contribution in [2.24, 2.45) is 5.41 Å². The van der Waals surface area contributed by atoms with Crippen LogP contribution in [-0.2, 0) is 0 Å². The summed E-state index contributed by atoms with van der Waals surface area (Å²) in [5, 5.41) is 3.73. The van der Waals surface area contributed by atoms with E-state index < -0.39 is 0 Å². The summed E-state index contributed by atoms with van der Waals surface area (Å²) >= 11 is 0. The fraction of sp³-hybridized carbons (Fsp3) is 1.00. The minimum atomic E-state index is 0.388. The number of hydrogen-bond acceptors (Lipinski definition) is 1. The first kappa shape index (κ1) is 10.0. The average Bonchev–Trinajstić information content (AvgIpc) is 1.82. The largest absolute Gasteiger partial charge is 0.309 e. The molecular formula is C11H23N. The van der Waals surface area contributed by atoms with Gasteiger partial charge in [0.25, 0.3) is 0 Å². The van der Waals surface area contributed by atoms with Crippen molar-refractivity contribution in [3.05, 3.63) is 0 Å². The molecule has 0 radical (unpaired) electrons. The van der Waals surface area contributed by atoms with Crippen molar-refractivity contribution < 1.29 is 0 Å². The second-order valence-electron chi connectivity index (χ2n) is 5.65. The van der Waals surface area contributed by atoms with E-state index in [2.05, 4.69) is 39.9 Å². The third kappa shape index (κ3) is 2.22. The highest BCUT2D eigenvalue weighted by atomic mass is 15.0. The van der Waals surface area contributed by atoms with Crippen LogP contribution in [0.4, 0.5) is 0 Å². The molecule has 0 amide bonds. The van der Waals surface area contributed by atoms with E-state index in [0.717, 1.165) is 0 Å². The summed E-state index contributed by atoms with van der Waals surface area (Å²) in [5.74, 6) is 0. The predicted molar refractivity (Wildman–Crippen MR) is 54.3 cm³/mol. The summed E-state index contributed by atoms with van der Waals surface area (Å²) < 4.78 is 0. The van der Waals surface area contributed by atoms with E-state index in [1.54, 1.807) is 0 Å². The van der Waals surface area contributed by atoms with Gasteiger partial charge in [0.1, 0.15) is 0 Å². The van der Waals surface area contributed by atoms with E-state index in [9.17, 15) is 0 Å². The van der Waals surface area contributed by atoms with Crippen molar-refractivity contribution in [1.29, 1.82) is 0 Å². The van der Waals surface area contributed by atoms with Crippen LogP contribution in [0.3, 0.4) is 0 Å². The summed E-state index contributed by atoms with van der Waals surface area (Å²) in [4.78, 5) is 0. The third-order valence-corrected chi connectivity index (χ3v) is 3.32. The molecule has 0 saturated heterocycles. The number of hydrogen-bond donors (Lipinski definition) is 1. The van der Waals surface area contributed by atoms with Gasteiger partial charge in [0, 0.05) is 11.6 Å². The molecule has 1 heteroatoms. The highest BCUT2D eigenvalue weighted by molar-refractivity contribution is 4.95. The lowest BCUT2D eigenvalue weighted by atomic mass is 9.76. The van der Waals surface area contributed by atoms with Gasteiger partial charge in [-0.25, -0.2) is 0 Å². The first-order chi connectivity index (χ1) is 5.33. The van der Waals surface area contributed by atoms with Gasteiger partial charge in [-0.2, -0.15) is 0 Å². The second kappa shape index (κ2) is 3.02. The van der Waals surface area contributed by atoms with Crippen molar-refractivity contribution in [2.75, 3.05) is 0 Å². The molecule has 1 aliphatic carbocycles. The molecule has 1 N–H and O–H groups in total. The summed E-state index contributed by atoms with van der Waals surface area (Å²) in [6.07, 6.45) is 4.11. The van der Waals surface area contributed by atoms with Crippen LogP contribution < -0.4 is 5.32 Å². The maximum atomic E-state index is 3.73. The maximum Gasteiger partial charge on any atom is 0.0156 e. The molecule has 12 heavy (non-hydrogen) atoms. The summed E-state index contributed by atoms with van der Waals surface area (Å²) in [6, 6.07) is 0.614. The van der Waals surface area contributed by atoms with Crippen molar-refractivity contribution >= 4 is 0 Å². The average molecular weight is 169 g/mol. The van der Waals surface area contributed by atoms with Crippen LogP contribution in [0.5, 0.6) is 0 Å². The van der Waals surface area contributed by atoms with Gasteiger partial charge in [-0.1, -0.05) is 20.8 Å². The van der Waals surface area contributed by atoms with Crippen LogP contribution >= 0.6 is 0 Å². The Kier molecular flexibility index (Phi) is 2.53. The molecule has 1 saturated carbocycles. The molecule has 0 heterocycles. The molecule has 72 valence electrons. The van der Waals surface area contributed by atoms with Gasteiger partial charge in [0.05, 0.1) is 0 Å². The van der Waals surface area contributed by atoms with Crippen LogP contribution in [0.15, 0.2) is 0 Å². The topological polar surface area (TPSA) is 12.0 Å². The zero-order valence-corrected chi connectivity index (χ0v) is 9.20. The lowest BCUT2D eigenvalue weighted by Gasteiger charge is -2.44. The van der Waals surface area contributed by atoms with Crippen molar-refractivity contribution in [1.82, 2.24) is 5.32 Å². The molecule has 0 aliphatic heterocycles. The minimum absolute atomic E-state index is 0.388. The van der Waals surface area contributed by atoms with E-state index in [-0.39, 0.29) is 0 Å². The van der Waals surface area contributed by atoms with Gasteiger partial charge in [0.2, 0.25) is 0 Å². The normalized spacial score (nSPS) is 24.8. The minimum Gasteiger partial charge on any atom is -0.309 e. The van der Waals surface area contributed by atoms with Crippen LogP contribution in [0.1, 0.15) is 53.9 Å². The Morgan fingerprint density at radius 2 is 1.75 bits per heavy atom. The molecule has 1 fully saturated rings. The SMILES string of the molecule is CC(NC1(C)CCC1)C(C)(C)C. The molecule has 1 atom stereocenters. The van der Waals surface area contributed by atoms with Gasteiger partial charge in [0.15, 0.2) is 0 Å². The van der Waals surface area contributed by atoms with Crippen LogP contribution in [0.2, 0.25) is 0 Å². The van der Waals surface area contributed by atoms with Crippen molar-refractivity contribution in [3.8, 4) is 0 Å². The molecular weight excluding hydrogens is 146 g/mol. The highest BCUT2D eigenvalue weighted by Gasteiger charge is 2.35. The Bertz CT molecular complexity index is 151. The molecule has 0 aromatic carbocycles. The standard InChI is InChI=1S/C11H23N/c1-9(10(2,3)4)12-11(5)7-6-8-11/h9,12H,6-8H2,1-5H3. The van der Waals surface area contributed by atoms with Gasteiger partial charge in [-0.3, -0.25) is 0 Å². The maximum absolute atomic E-state index is 3.73. The van der Waals surface area contributed by atoms with Crippen molar-refractivity contribution in [2.45, 2.75) is 65.5 Å². The van der Waals surface area contributed by atoms with Gasteiger partial charge in [-0.05, 0) is 38.5 Å². The predicted octanol–water partition coefficient (Wildman–Crippen LogP) is 2.95. The number of rotatable bonds is 2. The first-order valence-corrected chi connectivity index (χ1v) is 5.11. The zero-order chi connectivity index (χ0) is 9.41. The second-order valence-corrected chi connectivity index (χ2v) is 5.65. The first-order valence-electron chi connectivity index (χ1n) is 5.11. The third-order valence-electron chi connectivity index (χ3n) is 3.32. The van der Waals surface area contributed by atoms with E-state index >= 15 is 0 Å². The Labute approximate surface area is 76.9 Å². The molecule has 1 unspecified atom stereocenters. The Hall–Kier alpha value is -0.0400. The molecule has 0 aromatic heterocycles. The quantitative estimate of drug-likeness (QED) is 0.670. The molecule has 0 spiro atoms. The summed E-state index contributed by atoms with van der Waals surface area (Å²) in [6.45, 7) is 11.5. The Morgan fingerprint density at radius 1 is 1.25 bits per heavy atom. The van der Waals surface area contributed by atoms with E-state index in [0.29, 0.717) is 17.0 Å². The van der Waals surface area contributed by atoms with Gasteiger partial charge >= 0.3 is 0 Å². The Morgan fingerprint density at radius 3 is 2.00 bits per heavy atom. The summed E-state index contributed by atoms with van der Waals surface area (Å²) in [7, 11) is 0. The zero-order valence-electron chi connectivity index (χ0n) is 9.20. The van der Waals surface area contributed by atoms with E-state index in [4.69, 9.17) is 0 Å². The summed E-state index contributed by atoms with van der Waals surface area (Å²) in [5.41, 5.74) is 0.839. The molecule has 0 bridgehead atoms. The lowest BCUT2D eigenvalue weighted by molar-refractivity contribution is 0.144. The molecule has 1 nitrogen and oxygen atoms in total. The molecule has 1 rings (SSSR count). The van der Waals surface area contributed by atoms with Crippen LogP contribution in [-0.4, -0.2) is 11.6 Å². The van der Waals surface area contributed by atoms with E-state index in [1.807, 2.05) is 0 Å². The Balaban J connectivity index is 2.40. The molecule has 1 aliphatic rings. The highest BCUT2D eigenvalue weighted by Crippen LogP contribution is 2.33. The molecule has 0 aromatic rings. The van der Waals surface area contributed by atoms with Gasteiger partial charge < -0.3 is 5.32 Å². The van der Waals surface area contributed by atoms with Crippen LogP contribution in [0.25, 0.3) is 0 Å². The fourth-order valence-electron chi connectivity index (χ4n) is 1.59. The van der Waals surface area contributed by atoms with Crippen molar-refractivity contribution in [3.63, 3.8) is 0 Å². The van der Waals surface area contributed by atoms with Crippen LogP contribution in [0, 0.1) is 5.41 Å².